The van der Waals surface area contributed by atoms with Gasteiger partial charge in [0.05, 0.1) is 12.1 Å². The number of aliphatic hydroxyl groups excluding tert-OH is 1. The van der Waals surface area contributed by atoms with Crippen LogP contribution in [-0.2, 0) is 17.6 Å². The number of amides is 1. The highest BCUT2D eigenvalue weighted by molar-refractivity contribution is 5.90. The molecule has 0 unspecified atom stereocenters. The fraction of sp³-hybridized carbons (Fsp3) is 0.448. The van der Waals surface area contributed by atoms with E-state index in [1.54, 1.807) is 0 Å². The summed E-state index contributed by atoms with van der Waals surface area (Å²) in [5, 5.41) is 14.1. The highest BCUT2D eigenvalue weighted by Gasteiger charge is 2.32. The Morgan fingerprint density at radius 2 is 1.97 bits per heavy atom. The number of likely N-dealkylation sites (tertiary alicyclic amines) is 1. The molecule has 1 aliphatic carbocycles. The molecule has 3 atom stereocenters. The van der Waals surface area contributed by atoms with Crippen LogP contribution in [0.5, 0.6) is 0 Å². The van der Waals surface area contributed by atoms with Crippen molar-refractivity contribution >= 4 is 11.6 Å². The monoisotopic (exact) mass is 472 g/mol. The Hall–Kier alpha value is -2.96. The Kier molecular flexibility index (Phi) is 6.76. The van der Waals surface area contributed by atoms with Gasteiger partial charge in [0.2, 0.25) is 5.91 Å². The number of nitrogens with one attached hydrogen (secondary N) is 1. The molecule has 1 aromatic heterocycles. The smallest absolute Gasteiger partial charge is 0.224 e. The van der Waals surface area contributed by atoms with Gasteiger partial charge in [-0.3, -0.25) is 4.79 Å². The maximum atomic E-state index is 11.7. The predicted molar refractivity (Wildman–Crippen MR) is 139 cm³/mol. The minimum atomic E-state index is -0.429. The molecule has 2 aromatic carbocycles. The lowest BCUT2D eigenvalue weighted by Gasteiger charge is -2.38. The number of nitrogens with zero attached hydrogens (tertiary/aromatic N) is 3. The van der Waals surface area contributed by atoms with Crippen LogP contribution in [0.25, 0.3) is 11.4 Å². The summed E-state index contributed by atoms with van der Waals surface area (Å²) in [4.78, 5) is 18.8. The summed E-state index contributed by atoms with van der Waals surface area (Å²) in [6.45, 7) is 8.73. The third-order valence-corrected chi connectivity index (χ3v) is 7.64. The Morgan fingerprint density at radius 1 is 1.14 bits per heavy atom. The number of imidazole rings is 1. The van der Waals surface area contributed by atoms with Crippen LogP contribution in [0.1, 0.15) is 48.1 Å². The zero-order valence-corrected chi connectivity index (χ0v) is 21.0. The van der Waals surface area contributed by atoms with E-state index >= 15 is 0 Å². The van der Waals surface area contributed by atoms with E-state index < -0.39 is 6.10 Å². The first-order valence-electron chi connectivity index (χ1n) is 12.8. The van der Waals surface area contributed by atoms with Crippen LogP contribution < -0.4 is 5.32 Å². The largest absolute Gasteiger partial charge is 0.390 e. The summed E-state index contributed by atoms with van der Waals surface area (Å²) in [6, 6.07) is 12.8. The quantitative estimate of drug-likeness (QED) is 0.553. The van der Waals surface area contributed by atoms with Crippen molar-refractivity contribution in [2.45, 2.75) is 58.6 Å². The third kappa shape index (κ3) is 5.04. The normalized spacial score (nSPS) is 22.2. The van der Waals surface area contributed by atoms with Crippen molar-refractivity contribution in [1.29, 1.82) is 0 Å². The molecule has 35 heavy (non-hydrogen) atoms. The van der Waals surface area contributed by atoms with Crippen molar-refractivity contribution in [3.8, 4) is 11.4 Å². The van der Waals surface area contributed by atoms with E-state index in [9.17, 15) is 9.90 Å². The van der Waals surface area contributed by atoms with Crippen LogP contribution in [-0.4, -0.2) is 51.2 Å². The number of benzene rings is 2. The van der Waals surface area contributed by atoms with Gasteiger partial charge in [0.1, 0.15) is 5.82 Å². The second-order valence-electron chi connectivity index (χ2n) is 10.3. The van der Waals surface area contributed by atoms with E-state index in [0.29, 0.717) is 18.9 Å². The van der Waals surface area contributed by atoms with Gasteiger partial charge in [0.25, 0.3) is 0 Å². The molecule has 5 rings (SSSR count). The summed E-state index contributed by atoms with van der Waals surface area (Å²) < 4.78 is 2.18. The van der Waals surface area contributed by atoms with Gasteiger partial charge in [-0.1, -0.05) is 30.7 Å². The molecule has 1 fully saturated rings. The number of aryl methyl sites for hydroxylation is 2. The molecule has 6 heteroatoms. The van der Waals surface area contributed by atoms with Gasteiger partial charge < -0.3 is 19.9 Å². The lowest BCUT2D eigenvalue weighted by molar-refractivity contribution is -0.115. The van der Waals surface area contributed by atoms with Gasteiger partial charge in [-0.2, -0.15) is 0 Å². The fourth-order valence-corrected chi connectivity index (χ4v) is 5.77. The second kappa shape index (κ2) is 9.96. The number of fused-ring (bicyclic) bond motifs is 1. The average Bonchev–Trinajstić information content (AvgIpc) is 3.47. The van der Waals surface area contributed by atoms with E-state index in [0.717, 1.165) is 49.4 Å². The molecule has 1 saturated heterocycles. The summed E-state index contributed by atoms with van der Waals surface area (Å²) >= 11 is 0. The molecule has 1 aliphatic heterocycles. The molecular formula is C29H36N4O2. The van der Waals surface area contributed by atoms with E-state index in [-0.39, 0.29) is 11.9 Å². The summed E-state index contributed by atoms with van der Waals surface area (Å²) in [5.41, 5.74) is 7.18. The van der Waals surface area contributed by atoms with Crippen molar-refractivity contribution in [1.82, 2.24) is 14.5 Å². The van der Waals surface area contributed by atoms with Gasteiger partial charge in [-0.25, -0.2) is 4.98 Å². The number of rotatable bonds is 6. The number of β-amino-alcohol motifs (C(OH)–C–C–N with tert-alkyl or cyclic N) is 1. The number of piperidine rings is 1. The van der Waals surface area contributed by atoms with Crippen molar-refractivity contribution in [2.75, 3.05) is 25.0 Å². The molecule has 1 amide bonds. The van der Waals surface area contributed by atoms with Crippen molar-refractivity contribution in [2.24, 2.45) is 5.92 Å². The molecular weight excluding hydrogens is 436 g/mol. The van der Waals surface area contributed by atoms with Crippen molar-refractivity contribution < 1.29 is 9.90 Å². The van der Waals surface area contributed by atoms with Gasteiger partial charge in [0, 0.05) is 49.7 Å². The first-order chi connectivity index (χ1) is 16.9. The molecule has 6 nitrogen and oxygen atoms in total. The van der Waals surface area contributed by atoms with Crippen LogP contribution in [0.15, 0.2) is 48.8 Å². The minimum Gasteiger partial charge on any atom is -0.390 e. The Balaban J connectivity index is 1.22. The molecule has 0 saturated carbocycles. The van der Waals surface area contributed by atoms with E-state index in [4.69, 9.17) is 0 Å². The summed E-state index contributed by atoms with van der Waals surface area (Å²) in [6.07, 6.45) is 6.92. The SMILES string of the molecule is CCC(=O)Nc1ccc2c(c1)C[C@@H](CN1CC[C@@H](n3ccnc3-c3cc(C)ccc3C)[C@H](O)C1)C2. The molecule has 0 bridgehead atoms. The maximum absolute atomic E-state index is 11.7. The van der Waals surface area contributed by atoms with E-state index in [2.05, 4.69) is 63.9 Å². The second-order valence-corrected chi connectivity index (χ2v) is 10.3. The highest BCUT2D eigenvalue weighted by Crippen LogP contribution is 2.33. The van der Waals surface area contributed by atoms with Crippen LogP contribution in [0.3, 0.4) is 0 Å². The lowest BCUT2D eigenvalue weighted by Crippen LogP contribution is -2.46. The first kappa shape index (κ1) is 23.8. The Morgan fingerprint density at radius 3 is 2.77 bits per heavy atom. The highest BCUT2D eigenvalue weighted by atomic mass is 16.3. The number of carbonyl (C=O) groups is 1. The van der Waals surface area contributed by atoms with E-state index in [1.165, 1.54) is 22.3 Å². The number of aromatic nitrogens is 2. The van der Waals surface area contributed by atoms with Crippen LogP contribution >= 0.6 is 0 Å². The zero-order chi connectivity index (χ0) is 24.5. The number of carbonyl (C=O) groups excluding carboxylic acids is 1. The first-order valence-corrected chi connectivity index (χ1v) is 12.8. The van der Waals surface area contributed by atoms with Gasteiger partial charge in [-0.15, -0.1) is 0 Å². The fourth-order valence-electron chi connectivity index (χ4n) is 5.77. The average molecular weight is 473 g/mol. The molecule has 2 N–H and O–H groups in total. The number of hydrogen-bond acceptors (Lipinski definition) is 4. The molecule has 0 spiro atoms. The number of anilines is 1. The van der Waals surface area contributed by atoms with Gasteiger partial charge in [-0.05, 0) is 73.9 Å². The van der Waals surface area contributed by atoms with Crippen LogP contribution in [0.2, 0.25) is 0 Å². The van der Waals surface area contributed by atoms with Crippen molar-refractivity contribution in [3.63, 3.8) is 0 Å². The van der Waals surface area contributed by atoms with Gasteiger partial charge >= 0.3 is 0 Å². The summed E-state index contributed by atoms with van der Waals surface area (Å²) in [5.74, 6) is 1.54. The van der Waals surface area contributed by atoms with Crippen LogP contribution in [0.4, 0.5) is 5.69 Å². The summed E-state index contributed by atoms with van der Waals surface area (Å²) in [7, 11) is 0. The topological polar surface area (TPSA) is 70.4 Å². The number of hydrogen-bond donors (Lipinski definition) is 2. The Labute approximate surface area is 208 Å². The Bertz CT molecular complexity index is 1220. The maximum Gasteiger partial charge on any atom is 0.224 e. The molecule has 184 valence electrons. The predicted octanol–water partition coefficient (Wildman–Crippen LogP) is 4.54. The third-order valence-electron chi connectivity index (χ3n) is 7.64. The van der Waals surface area contributed by atoms with Crippen LogP contribution in [0, 0.1) is 19.8 Å². The molecule has 0 radical (unpaired) electrons. The number of aliphatic hydroxyl groups is 1. The van der Waals surface area contributed by atoms with Gasteiger partial charge in [0.15, 0.2) is 0 Å². The van der Waals surface area contributed by atoms with E-state index in [1.807, 2.05) is 25.4 Å². The molecule has 2 aliphatic rings. The standard InChI is InChI=1S/C29H36N4O2/c1-4-28(35)31-24-8-7-22-14-21(15-23(22)16-24)17-32-11-9-26(27(34)18-32)33-12-10-30-29(33)25-13-19(2)5-6-20(25)3/h5-8,10,12-13,16,21,26-27,34H,4,9,11,14-15,17-18H2,1-3H3,(H,31,35)/t21-,26+,27+/m0/s1. The lowest BCUT2D eigenvalue weighted by atomic mass is 9.98. The minimum absolute atomic E-state index is 0.0363. The zero-order valence-electron chi connectivity index (χ0n) is 21.0. The molecule has 3 aromatic rings. The van der Waals surface area contributed by atoms with Crippen molar-refractivity contribution in [3.05, 3.63) is 71.0 Å². The molecule has 2 heterocycles.